The molecule has 1 amide bonds. The molecule has 1 aromatic rings. The summed E-state index contributed by atoms with van der Waals surface area (Å²) >= 11 is 4.21. The third-order valence-electron chi connectivity index (χ3n) is 2.34. The number of rotatable bonds is 4. The summed E-state index contributed by atoms with van der Waals surface area (Å²) in [6.45, 7) is 5.42. The number of ether oxygens (including phenoxy) is 1. The molecule has 3 nitrogen and oxygen atoms in total. The summed E-state index contributed by atoms with van der Waals surface area (Å²) < 4.78 is 18.0. The first-order chi connectivity index (χ1) is 8.80. The fourth-order valence-electron chi connectivity index (χ4n) is 1.54. The van der Waals surface area contributed by atoms with Gasteiger partial charge in [0.15, 0.2) is 0 Å². The summed E-state index contributed by atoms with van der Waals surface area (Å²) in [5.74, 6) is 0.211. The van der Waals surface area contributed by atoms with E-state index < -0.39 is 11.7 Å². The van der Waals surface area contributed by atoms with E-state index in [1.807, 2.05) is 20.8 Å². The van der Waals surface area contributed by atoms with Gasteiger partial charge in [-0.05, 0) is 44.9 Å². The molecule has 5 heteroatoms. The normalized spacial score (nSPS) is 12.9. The maximum absolute atomic E-state index is 12.8. The minimum absolute atomic E-state index is 0.149. The van der Waals surface area contributed by atoms with Gasteiger partial charge in [0.1, 0.15) is 11.4 Å². The Balaban J connectivity index is 2.54. The molecule has 0 aliphatic rings. The van der Waals surface area contributed by atoms with E-state index in [-0.39, 0.29) is 11.9 Å². The Bertz CT molecular complexity index is 414. The second-order valence-electron chi connectivity index (χ2n) is 5.36. The van der Waals surface area contributed by atoms with Crippen molar-refractivity contribution < 1.29 is 13.9 Å². The standard InChI is InChI=1S/C14H20FNO2S/c1-14(2,3)18-13(17)16-12(9-19)8-10-4-6-11(15)7-5-10/h4-7,12,19H,8-9H2,1-3H3,(H,16,17). The van der Waals surface area contributed by atoms with Gasteiger partial charge in [0.05, 0.1) is 0 Å². The lowest BCUT2D eigenvalue weighted by molar-refractivity contribution is 0.0509. The van der Waals surface area contributed by atoms with E-state index in [0.717, 1.165) is 5.56 Å². The van der Waals surface area contributed by atoms with Crippen molar-refractivity contribution in [3.05, 3.63) is 35.6 Å². The van der Waals surface area contributed by atoms with E-state index in [4.69, 9.17) is 4.74 Å². The highest BCUT2D eigenvalue weighted by molar-refractivity contribution is 7.80. The van der Waals surface area contributed by atoms with Crippen LogP contribution in [0.15, 0.2) is 24.3 Å². The third kappa shape index (κ3) is 6.47. The van der Waals surface area contributed by atoms with Crippen LogP contribution in [0.4, 0.5) is 9.18 Å². The van der Waals surface area contributed by atoms with Crippen molar-refractivity contribution in [2.24, 2.45) is 0 Å². The van der Waals surface area contributed by atoms with Crippen LogP contribution in [0.1, 0.15) is 26.3 Å². The Labute approximate surface area is 118 Å². The van der Waals surface area contributed by atoms with Crippen LogP contribution in [-0.2, 0) is 11.2 Å². The molecule has 19 heavy (non-hydrogen) atoms. The van der Waals surface area contributed by atoms with Crippen molar-refractivity contribution in [2.75, 3.05) is 5.75 Å². The molecule has 0 aliphatic heterocycles. The summed E-state index contributed by atoms with van der Waals surface area (Å²) in [6, 6.07) is 6.05. The summed E-state index contributed by atoms with van der Waals surface area (Å²) in [5.41, 5.74) is 0.415. The zero-order valence-corrected chi connectivity index (χ0v) is 12.3. The van der Waals surface area contributed by atoms with Crippen LogP contribution in [0.3, 0.4) is 0 Å². The smallest absolute Gasteiger partial charge is 0.407 e. The summed E-state index contributed by atoms with van der Waals surface area (Å²) in [5, 5.41) is 2.76. The summed E-state index contributed by atoms with van der Waals surface area (Å²) in [7, 11) is 0. The van der Waals surface area contributed by atoms with Gasteiger partial charge in [-0.15, -0.1) is 0 Å². The van der Waals surface area contributed by atoms with Crippen LogP contribution >= 0.6 is 12.6 Å². The van der Waals surface area contributed by atoms with Crippen LogP contribution in [-0.4, -0.2) is 23.5 Å². The van der Waals surface area contributed by atoms with Gasteiger partial charge in [-0.25, -0.2) is 9.18 Å². The van der Waals surface area contributed by atoms with E-state index in [0.29, 0.717) is 12.2 Å². The first-order valence-corrected chi connectivity index (χ1v) is 6.78. The molecule has 0 bridgehead atoms. The average Bonchev–Trinajstić information content (AvgIpc) is 2.28. The Kier molecular flexibility index (Phi) is 5.66. The zero-order valence-electron chi connectivity index (χ0n) is 11.4. The number of amides is 1. The maximum atomic E-state index is 12.8. The predicted molar refractivity (Wildman–Crippen MR) is 77.1 cm³/mol. The number of thiol groups is 1. The van der Waals surface area contributed by atoms with Gasteiger partial charge in [-0.3, -0.25) is 0 Å². The lowest BCUT2D eigenvalue weighted by Gasteiger charge is -2.23. The monoisotopic (exact) mass is 285 g/mol. The summed E-state index contributed by atoms with van der Waals surface area (Å²) in [6.07, 6.45) is 0.122. The molecule has 106 valence electrons. The van der Waals surface area contributed by atoms with Gasteiger partial charge in [0.25, 0.3) is 0 Å². The average molecular weight is 285 g/mol. The predicted octanol–water partition coefficient (Wildman–Crippen LogP) is 3.19. The first kappa shape index (κ1) is 15.8. The molecule has 1 unspecified atom stereocenters. The molecule has 0 aliphatic carbocycles. The van der Waals surface area contributed by atoms with Crippen molar-refractivity contribution in [2.45, 2.75) is 38.8 Å². The molecule has 0 saturated heterocycles. The number of alkyl carbamates (subject to hydrolysis) is 1. The van der Waals surface area contributed by atoms with Gasteiger partial charge >= 0.3 is 6.09 Å². The molecule has 1 aromatic carbocycles. The Hall–Kier alpha value is -1.23. The Morgan fingerprint density at radius 3 is 2.42 bits per heavy atom. The summed E-state index contributed by atoms with van der Waals surface area (Å²) in [4.78, 5) is 11.6. The van der Waals surface area contributed by atoms with Gasteiger partial charge < -0.3 is 10.1 Å². The molecule has 0 aromatic heterocycles. The number of hydrogen-bond donors (Lipinski definition) is 2. The highest BCUT2D eigenvalue weighted by Crippen LogP contribution is 2.09. The van der Waals surface area contributed by atoms with E-state index in [1.54, 1.807) is 12.1 Å². The quantitative estimate of drug-likeness (QED) is 0.834. The van der Waals surface area contributed by atoms with Gasteiger partial charge in [-0.1, -0.05) is 12.1 Å². The van der Waals surface area contributed by atoms with Crippen LogP contribution < -0.4 is 5.32 Å². The van der Waals surface area contributed by atoms with E-state index in [9.17, 15) is 9.18 Å². The SMILES string of the molecule is CC(C)(C)OC(=O)NC(CS)Cc1ccc(F)cc1. The van der Waals surface area contributed by atoms with Gasteiger partial charge in [-0.2, -0.15) is 12.6 Å². The van der Waals surface area contributed by atoms with Crippen molar-refractivity contribution >= 4 is 18.7 Å². The number of carbonyl (C=O) groups is 1. The highest BCUT2D eigenvalue weighted by atomic mass is 32.1. The first-order valence-electron chi connectivity index (χ1n) is 6.15. The fraction of sp³-hybridized carbons (Fsp3) is 0.500. The fourth-order valence-corrected chi connectivity index (χ4v) is 1.76. The number of hydrogen-bond acceptors (Lipinski definition) is 3. The van der Waals surface area contributed by atoms with E-state index >= 15 is 0 Å². The molecule has 1 N–H and O–H groups in total. The number of benzene rings is 1. The minimum Gasteiger partial charge on any atom is -0.444 e. The molecular weight excluding hydrogens is 265 g/mol. The molecule has 0 spiro atoms. The van der Waals surface area contributed by atoms with Crippen LogP contribution in [0.2, 0.25) is 0 Å². The van der Waals surface area contributed by atoms with Crippen molar-refractivity contribution in [1.29, 1.82) is 0 Å². The minimum atomic E-state index is -0.527. The molecule has 0 saturated carbocycles. The molecule has 0 heterocycles. The maximum Gasteiger partial charge on any atom is 0.407 e. The molecule has 1 rings (SSSR count). The Morgan fingerprint density at radius 1 is 1.37 bits per heavy atom. The number of carbonyl (C=O) groups excluding carboxylic acids is 1. The topological polar surface area (TPSA) is 38.3 Å². The van der Waals surface area contributed by atoms with Crippen LogP contribution in [0.25, 0.3) is 0 Å². The van der Waals surface area contributed by atoms with Crippen molar-refractivity contribution in [3.8, 4) is 0 Å². The van der Waals surface area contributed by atoms with E-state index in [2.05, 4.69) is 17.9 Å². The zero-order chi connectivity index (χ0) is 14.5. The lowest BCUT2D eigenvalue weighted by atomic mass is 10.1. The van der Waals surface area contributed by atoms with Crippen molar-refractivity contribution in [3.63, 3.8) is 0 Å². The number of halogens is 1. The van der Waals surface area contributed by atoms with E-state index in [1.165, 1.54) is 12.1 Å². The lowest BCUT2D eigenvalue weighted by Crippen LogP contribution is -2.41. The van der Waals surface area contributed by atoms with Gasteiger partial charge in [0, 0.05) is 11.8 Å². The highest BCUT2D eigenvalue weighted by Gasteiger charge is 2.19. The molecule has 0 fully saturated rings. The number of nitrogens with one attached hydrogen (secondary N) is 1. The van der Waals surface area contributed by atoms with Crippen LogP contribution in [0.5, 0.6) is 0 Å². The molecule has 0 radical (unpaired) electrons. The van der Waals surface area contributed by atoms with Crippen molar-refractivity contribution in [1.82, 2.24) is 5.32 Å². The second-order valence-corrected chi connectivity index (χ2v) is 5.72. The third-order valence-corrected chi connectivity index (χ3v) is 2.78. The van der Waals surface area contributed by atoms with Crippen LogP contribution in [0, 0.1) is 5.82 Å². The molecular formula is C14H20FNO2S. The van der Waals surface area contributed by atoms with Gasteiger partial charge in [0.2, 0.25) is 0 Å². The second kappa shape index (κ2) is 6.80. The molecule has 1 atom stereocenters. The Morgan fingerprint density at radius 2 is 1.95 bits per heavy atom. The largest absolute Gasteiger partial charge is 0.444 e.